The zero-order chi connectivity index (χ0) is 21.9. The molecular formula is C25H26N4O3. The molecule has 0 saturated carbocycles. The summed E-state index contributed by atoms with van der Waals surface area (Å²) in [7, 11) is 0. The third-order valence-corrected chi connectivity index (χ3v) is 6.06. The number of benzene rings is 2. The maximum absolute atomic E-state index is 12.7. The Kier molecular flexibility index (Phi) is 5.62. The van der Waals surface area contributed by atoms with E-state index >= 15 is 0 Å². The minimum Gasteiger partial charge on any atom is -0.454 e. The first-order valence-electron chi connectivity index (χ1n) is 11.0. The van der Waals surface area contributed by atoms with Gasteiger partial charge in [0, 0.05) is 31.1 Å². The van der Waals surface area contributed by atoms with E-state index in [1.165, 1.54) is 5.56 Å². The number of fused-ring (bicyclic) bond motifs is 1. The highest BCUT2D eigenvalue weighted by Gasteiger charge is 2.26. The van der Waals surface area contributed by atoms with Crippen molar-refractivity contribution in [3.63, 3.8) is 0 Å². The number of hydrogen-bond donors (Lipinski definition) is 1. The molecule has 1 aromatic heterocycles. The van der Waals surface area contributed by atoms with Gasteiger partial charge in [-0.2, -0.15) is 0 Å². The zero-order valence-corrected chi connectivity index (χ0v) is 18.1. The van der Waals surface area contributed by atoms with Crippen LogP contribution in [0.4, 0.5) is 5.82 Å². The van der Waals surface area contributed by atoms with Gasteiger partial charge in [0.1, 0.15) is 0 Å². The van der Waals surface area contributed by atoms with Crippen molar-refractivity contribution in [1.29, 1.82) is 0 Å². The molecule has 0 aliphatic carbocycles. The molecule has 1 amide bonds. The maximum Gasteiger partial charge on any atom is 0.231 e. The van der Waals surface area contributed by atoms with Crippen LogP contribution in [0.2, 0.25) is 0 Å². The van der Waals surface area contributed by atoms with Crippen LogP contribution in [0.3, 0.4) is 0 Å². The van der Waals surface area contributed by atoms with E-state index in [-0.39, 0.29) is 18.6 Å². The van der Waals surface area contributed by atoms with Gasteiger partial charge in [0.2, 0.25) is 12.7 Å². The number of piperidine rings is 1. The smallest absolute Gasteiger partial charge is 0.231 e. The second-order valence-electron chi connectivity index (χ2n) is 8.31. The van der Waals surface area contributed by atoms with Crippen LogP contribution in [-0.2, 0) is 11.3 Å². The Hall–Kier alpha value is -3.61. The van der Waals surface area contributed by atoms with E-state index in [4.69, 9.17) is 9.47 Å². The van der Waals surface area contributed by atoms with Crippen LogP contribution in [-0.4, -0.2) is 36.0 Å². The Labute approximate surface area is 187 Å². The molecule has 164 valence electrons. The predicted octanol–water partition coefficient (Wildman–Crippen LogP) is 3.71. The molecule has 0 unspecified atom stereocenters. The number of aromatic nitrogens is 2. The SMILES string of the molecule is Cc1cccc(-c2ccc(N3CCC(C(=O)NCc4ccc5c(c4)OCO5)CC3)nn2)c1. The number of rotatable bonds is 5. The van der Waals surface area contributed by atoms with Crippen molar-refractivity contribution in [2.75, 3.05) is 24.8 Å². The fraction of sp³-hybridized carbons (Fsp3) is 0.320. The number of nitrogens with zero attached hydrogens (tertiary/aromatic N) is 3. The Morgan fingerprint density at radius 1 is 1.03 bits per heavy atom. The largest absolute Gasteiger partial charge is 0.454 e. The normalized spacial score (nSPS) is 15.6. The van der Waals surface area contributed by atoms with Crippen LogP contribution in [0.1, 0.15) is 24.0 Å². The van der Waals surface area contributed by atoms with Crippen LogP contribution in [0.15, 0.2) is 54.6 Å². The van der Waals surface area contributed by atoms with Crippen LogP contribution < -0.4 is 19.7 Å². The van der Waals surface area contributed by atoms with Gasteiger partial charge < -0.3 is 19.7 Å². The fourth-order valence-electron chi connectivity index (χ4n) is 4.21. The van der Waals surface area contributed by atoms with Crippen molar-refractivity contribution in [2.24, 2.45) is 5.92 Å². The predicted molar refractivity (Wildman–Crippen MR) is 122 cm³/mol. The molecule has 1 saturated heterocycles. The van der Waals surface area contributed by atoms with E-state index in [0.29, 0.717) is 6.54 Å². The van der Waals surface area contributed by atoms with Crippen LogP contribution in [0.25, 0.3) is 11.3 Å². The molecule has 2 aromatic carbocycles. The number of nitrogens with one attached hydrogen (secondary N) is 1. The lowest BCUT2D eigenvalue weighted by Gasteiger charge is -2.31. The number of ether oxygens (including phenoxy) is 2. The molecule has 2 aliphatic heterocycles. The average Bonchev–Trinajstić information content (AvgIpc) is 3.31. The molecule has 7 heteroatoms. The molecule has 3 heterocycles. The summed E-state index contributed by atoms with van der Waals surface area (Å²) < 4.78 is 10.7. The first-order chi connectivity index (χ1) is 15.7. The molecule has 0 bridgehead atoms. The van der Waals surface area contributed by atoms with Crippen LogP contribution in [0, 0.1) is 12.8 Å². The van der Waals surface area contributed by atoms with Gasteiger partial charge in [-0.1, -0.05) is 29.8 Å². The Bertz CT molecular complexity index is 1110. The molecule has 0 atom stereocenters. The summed E-state index contributed by atoms with van der Waals surface area (Å²) in [6, 6.07) is 18.0. The number of hydrogen-bond acceptors (Lipinski definition) is 6. The van der Waals surface area contributed by atoms with E-state index in [1.807, 2.05) is 42.5 Å². The summed E-state index contributed by atoms with van der Waals surface area (Å²) in [6.07, 6.45) is 1.60. The fourth-order valence-corrected chi connectivity index (χ4v) is 4.21. The van der Waals surface area contributed by atoms with Gasteiger partial charge in [0.05, 0.1) is 5.69 Å². The van der Waals surface area contributed by atoms with E-state index in [1.54, 1.807) is 0 Å². The van der Waals surface area contributed by atoms with Crippen molar-refractivity contribution in [3.8, 4) is 22.8 Å². The summed E-state index contributed by atoms with van der Waals surface area (Å²) in [5.41, 5.74) is 4.15. The number of anilines is 1. The zero-order valence-electron chi connectivity index (χ0n) is 18.1. The maximum atomic E-state index is 12.7. The quantitative estimate of drug-likeness (QED) is 0.665. The third-order valence-electron chi connectivity index (χ3n) is 6.06. The molecule has 5 rings (SSSR count). The minimum atomic E-state index is 0.0137. The highest BCUT2D eigenvalue weighted by Crippen LogP contribution is 2.32. The molecule has 0 radical (unpaired) electrons. The number of aryl methyl sites for hydroxylation is 1. The lowest BCUT2D eigenvalue weighted by atomic mass is 9.96. The third kappa shape index (κ3) is 4.37. The second-order valence-corrected chi connectivity index (χ2v) is 8.31. The number of amides is 1. The van der Waals surface area contributed by atoms with Crippen molar-refractivity contribution in [1.82, 2.24) is 15.5 Å². The van der Waals surface area contributed by atoms with Gasteiger partial charge in [0.15, 0.2) is 17.3 Å². The first kappa shape index (κ1) is 20.3. The van der Waals surface area contributed by atoms with Gasteiger partial charge in [-0.25, -0.2) is 0 Å². The Morgan fingerprint density at radius 2 is 1.88 bits per heavy atom. The molecule has 1 N–H and O–H groups in total. The second kappa shape index (κ2) is 8.86. The van der Waals surface area contributed by atoms with Crippen LogP contribution in [0.5, 0.6) is 11.5 Å². The number of carbonyl (C=O) groups is 1. The monoisotopic (exact) mass is 430 g/mol. The molecule has 1 fully saturated rings. The highest BCUT2D eigenvalue weighted by molar-refractivity contribution is 5.79. The summed E-state index contributed by atoms with van der Waals surface area (Å²) in [5.74, 6) is 2.46. The summed E-state index contributed by atoms with van der Waals surface area (Å²) >= 11 is 0. The minimum absolute atomic E-state index is 0.0137. The van der Waals surface area contributed by atoms with Crippen molar-refractivity contribution < 1.29 is 14.3 Å². The Balaban J connectivity index is 1.13. The summed E-state index contributed by atoms with van der Waals surface area (Å²) in [6.45, 7) is 4.40. The lowest BCUT2D eigenvalue weighted by molar-refractivity contribution is -0.125. The number of carbonyl (C=O) groups excluding carboxylic acids is 1. The Morgan fingerprint density at radius 3 is 2.66 bits per heavy atom. The van der Waals surface area contributed by atoms with Crippen molar-refractivity contribution in [3.05, 3.63) is 65.7 Å². The van der Waals surface area contributed by atoms with Crippen molar-refractivity contribution >= 4 is 11.7 Å². The van der Waals surface area contributed by atoms with Gasteiger partial charge in [-0.3, -0.25) is 4.79 Å². The standard InChI is InChI=1S/C25H26N4O3/c1-17-3-2-4-20(13-17)21-6-8-24(28-27-21)29-11-9-19(10-12-29)25(30)26-15-18-5-7-22-23(14-18)32-16-31-22/h2-8,13-14,19H,9-12,15-16H2,1H3,(H,26,30). The summed E-state index contributed by atoms with van der Waals surface area (Å²) in [5, 5.41) is 11.9. The van der Waals surface area contributed by atoms with Gasteiger partial charge >= 0.3 is 0 Å². The highest BCUT2D eigenvalue weighted by atomic mass is 16.7. The first-order valence-corrected chi connectivity index (χ1v) is 11.0. The average molecular weight is 431 g/mol. The molecule has 3 aromatic rings. The molecule has 32 heavy (non-hydrogen) atoms. The topological polar surface area (TPSA) is 76.6 Å². The van der Waals surface area contributed by atoms with Gasteiger partial charge in [-0.05, 0) is 55.7 Å². The molecule has 0 spiro atoms. The van der Waals surface area contributed by atoms with E-state index in [0.717, 1.165) is 60.1 Å². The summed E-state index contributed by atoms with van der Waals surface area (Å²) in [4.78, 5) is 14.9. The van der Waals surface area contributed by atoms with Gasteiger partial charge in [-0.15, -0.1) is 10.2 Å². The molecular weight excluding hydrogens is 404 g/mol. The van der Waals surface area contributed by atoms with E-state index < -0.39 is 0 Å². The lowest BCUT2D eigenvalue weighted by Crippen LogP contribution is -2.40. The van der Waals surface area contributed by atoms with Gasteiger partial charge in [0.25, 0.3) is 0 Å². The molecule has 2 aliphatic rings. The van der Waals surface area contributed by atoms with Crippen LogP contribution >= 0.6 is 0 Å². The van der Waals surface area contributed by atoms with E-state index in [2.05, 4.69) is 39.5 Å². The molecule has 7 nitrogen and oxygen atoms in total. The van der Waals surface area contributed by atoms with E-state index in [9.17, 15) is 4.79 Å². The van der Waals surface area contributed by atoms with Crippen molar-refractivity contribution in [2.45, 2.75) is 26.3 Å².